The molecule has 0 fully saturated rings. The van der Waals surface area contributed by atoms with Crippen LogP contribution < -0.4 is 4.74 Å². The van der Waals surface area contributed by atoms with Gasteiger partial charge in [0.15, 0.2) is 5.44 Å². The molecule has 0 bridgehead atoms. The third kappa shape index (κ3) is 21.0. The van der Waals surface area contributed by atoms with Crippen molar-refractivity contribution in [2.24, 2.45) is 0 Å². The van der Waals surface area contributed by atoms with Gasteiger partial charge in [-0.1, -0.05) is 198 Å². The molecule has 0 aliphatic carbocycles. The molecule has 5 heteroatoms. The van der Waals surface area contributed by atoms with Crippen molar-refractivity contribution < 1.29 is 18.3 Å². The fourth-order valence-corrected chi connectivity index (χ4v) is 7.72. The molecule has 1 unspecified atom stereocenters. The van der Waals surface area contributed by atoms with Crippen LogP contribution in [-0.2, 0) is 9.84 Å². The largest absolute Gasteiger partial charge is 0.494 e. The number of aliphatic hydroxyl groups excluding tert-OH is 1. The molecule has 0 saturated carbocycles. The Hall–Kier alpha value is -2.11. The van der Waals surface area contributed by atoms with Gasteiger partial charge < -0.3 is 9.84 Å². The molecule has 1 atom stereocenters. The van der Waals surface area contributed by atoms with Crippen LogP contribution in [0, 0.1) is 0 Å². The predicted octanol–water partition coefficient (Wildman–Crippen LogP) is 13.5. The van der Waals surface area contributed by atoms with Crippen molar-refractivity contribution in [1.82, 2.24) is 0 Å². The second-order valence-corrected chi connectivity index (χ2v) is 16.3. The average molecular weight is 697 g/mol. The number of hydrogen-bond donors (Lipinski definition) is 1. The average Bonchev–Trinajstić information content (AvgIpc) is 3.12. The van der Waals surface area contributed by atoms with Crippen molar-refractivity contribution in [3.8, 4) is 5.75 Å². The first-order valence-electron chi connectivity index (χ1n) is 20.4. The minimum Gasteiger partial charge on any atom is -0.494 e. The van der Waals surface area contributed by atoms with Crippen LogP contribution >= 0.6 is 0 Å². The van der Waals surface area contributed by atoms with Crippen molar-refractivity contribution in [3.05, 3.63) is 59.7 Å². The number of sulfone groups is 1. The molecule has 2 aromatic carbocycles. The van der Waals surface area contributed by atoms with Gasteiger partial charge in [0.2, 0.25) is 9.84 Å². The fraction of sp³-hybridized carbons (Fsp3) is 0.682. The molecule has 1 N–H and O–H groups in total. The molecule has 4 nitrogen and oxygen atoms in total. The van der Waals surface area contributed by atoms with E-state index in [2.05, 4.69) is 13.8 Å². The number of hydrogen-bond acceptors (Lipinski definition) is 4. The molecular weight excluding hydrogens is 625 g/mol. The SMILES string of the molecule is CCCCCCCCCCCCCCCCCCCCCCOc1ccc(C=Cc2ccc(S(=O)(=O)C(O)CCCCCCC)cc2)cc1. The van der Waals surface area contributed by atoms with E-state index in [0.29, 0.717) is 0 Å². The van der Waals surface area contributed by atoms with Gasteiger partial charge in [0, 0.05) is 0 Å². The topological polar surface area (TPSA) is 63.6 Å². The predicted molar refractivity (Wildman–Crippen MR) is 212 cm³/mol. The first-order valence-corrected chi connectivity index (χ1v) is 21.9. The summed E-state index contributed by atoms with van der Waals surface area (Å²) in [6, 6.07) is 14.9. The molecule has 2 aromatic rings. The quantitative estimate of drug-likeness (QED) is 0.0611. The van der Waals surface area contributed by atoms with Crippen LogP contribution in [0.15, 0.2) is 53.4 Å². The number of ether oxygens (including phenoxy) is 1. The highest BCUT2D eigenvalue weighted by Crippen LogP contribution is 2.22. The Morgan fingerprint density at radius 2 is 0.857 bits per heavy atom. The molecule has 0 spiro atoms. The van der Waals surface area contributed by atoms with Gasteiger partial charge in [-0.05, 0) is 54.7 Å². The van der Waals surface area contributed by atoms with E-state index in [9.17, 15) is 13.5 Å². The summed E-state index contributed by atoms with van der Waals surface area (Å²) >= 11 is 0. The standard InChI is InChI=1S/C44H72O4S/c1-3-5-7-9-10-11-12-13-14-15-16-17-18-19-20-21-22-23-25-27-39-48-42-35-31-40(32-36-42)29-30-41-33-37-43(38-34-41)49(46,47)44(45)28-26-24-8-6-4-2/h29-38,44-45H,3-28,39H2,1-2H3. The molecule has 0 aliphatic heterocycles. The van der Waals surface area contributed by atoms with E-state index in [-0.39, 0.29) is 11.3 Å². The van der Waals surface area contributed by atoms with E-state index in [1.165, 1.54) is 122 Å². The maximum atomic E-state index is 12.7. The van der Waals surface area contributed by atoms with Crippen LogP contribution in [0.1, 0.15) is 192 Å². The third-order valence-corrected chi connectivity index (χ3v) is 11.6. The van der Waals surface area contributed by atoms with E-state index < -0.39 is 15.3 Å². The Morgan fingerprint density at radius 1 is 0.510 bits per heavy atom. The smallest absolute Gasteiger partial charge is 0.204 e. The van der Waals surface area contributed by atoms with Crippen molar-refractivity contribution in [2.45, 2.75) is 191 Å². The number of benzene rings is 2. The van der Waals surface area contributed by atoms with Crippen LogP contribution in [0.25, 0.3) is 12.2 Å². The van der Waals surface area contributed by atoms with Crippen LogP contribution in [0.5, 0.6) is 5.75 Å². The first-order chi connectivity index (χ1) is 24.0. The summed E-state index contributed by atoms with van der Waals surface area (Å²) in [4.78, 5) is 0.174. The first kappa shape index (κ1) is 43.1. The van der Waals surface area contributed by atoms with E-state index in [1.54, 1.807) is 24.3 Å². The summed E-state index contributed by atoms with van der Waals surface area (Å²) in [5, 5.41) is 10.3. The van der Waals surface area contributed by atoms with E-state index in [1.807, 2.05) is 36.4 Å². The zero-order valence-electron chi connectivity index (χ0n) is 31.5. The second-order valence-electron chi connectivity index (χ2n) is 14.2. The molecule has 0 aliphatic rings. The lowest BCUT2D eigenvalue weighted by Crippen LogP contribution is -2.20. The van der Waals surface area contributed by atoms with Gasteiger partial charge in [0.05, 0.1) is 11.5 Å². The van der Waals surface area contributed by atoms with Gasteiger partial charge in [0.1, 0.15) is 5.75 Å². The van der Waals surface area contributed by atoms with Crippen molar-refractivity contribution in [2.75, 3.05) is 6.61 Å². The molecule has 0 heterocycles. The molecule has 0 aromatic heterocycles. The second kappa shape index (κ2) is 28.6. The maximum Gasteiger partial charge on any atom is 0.204 e. The summed E-state index contributed by atoms with van der Waals surface area (Å²) in [6.45, 7) is 5.20. The van der Waals surface area contributed by atoms with Crippen molar-refractivity contribution >= 4 is 22.0 Å². The van der Waals surface area contributed by atoms with Crippen LogP contribution in [0.2, 0.25) is 0 Å². The lowest BCUT2D eigenvalue weighted by molar-refractivity contribution is 0.233. The van der Waals surface area contributed by atoms with Crippen molar-refractivity contribution in [3.63, 3.8) is 0 Å². The highest BCUT2D eigenvalue weighted by atomic mass is 32.2. The fourth-order valence-electron chi connectivity index (χ4n) is 6.42. The van der Waals surface area contributed by atoms with Gasteiger partial charge in [-0.15, -0.1) is 0 Å². The molecule has 0 saturated heterocycles. The summed E-state index contributed by atoms with van der Waals surface area (Å²) in [5.41, 5.74) is 0.624. The van der Waals surface area contributed by atoms with E-state index >= 15 is 0 Å². The van der Waals surface area contributed by atoms with Gasteiger partial charge in [-0.2, -0.15) is 0 Å². The van der Waals surface area contributed by atoms with E-state index in [0.717, 1.165) is 62.0 Å². The van der Waals surface area contributed by atoms with Crippen LogP contribution in [0.4, 0.5) is 0 Å². The third-order valence-electron chi connectivity index (χ3n) is 9.74. The maximum absolute atomic E-state index is 12.7. The molecule has 278 valence electrons. The van der Waals surface area contributed by atoms with Gasteiger partial charge in [-0.25, -0.2) is 8.42 Å². The van der Waals surface area contributed by atoms with Crippen LogP contribution in [-0.4, -0.2) is 25.6 Å². The lowest BCUT2D eigenvalue weighted by Gasteiger charge is -2.12. The highest BCUT2D eigenvalue weighted by molar-refractivity contribution is 7.91. The van der Waals surface area contributed by atoms with Crippen LogP contribution in [0.3, 0.4) is 0 Å². The summed E-state index contributed by atoms with van der Waals surface area (Å²) in [5.74, 6) is 0.897. The number of unbranched alkanes of at least 4 members (excludes halogenated alkanes) is 23. The van der Waals surface area contributed by atoms with Gasteiger partial charge in [-0.3, -0.25) is 0 Å². The minimum absolute atomic E-state index is 0.174. The molecule has 0 radical (unpaired) electrons. The molecule has 49 heavy (non-hydrogen) atoms. The monoisotopic (exact) mass is 697 g/mol. The van der Waals surface area contributed by atoms with Crippen molar-refractivity contribution in [1.29, 1.82) is 0 Å². The Labute approximate surface area is 302 Å². The van der Waals surface area contributed by atoms with Gasteiger partial charge >= 0.3 is 0 Å². The summed E-state index contributed by atoms with van der Waals surface area (Å²) in [6.07, 6.45) is 37.1. The normalized spacial score (nSPS) is 12.6. The number of aliphatic hydroxyl groups is 1. The van der Waals surface area contributed by atoms with Gasteiger partial charge in [0.25, 0.3) is 0 Å². The molecular formula is C44H72O4S. The number of rotatable bonds is 32. The van der Waals surface area contributed by atoms with E-state index in [4.69, 9.17) is 4.74 Å². The minimum atomic E-state index is -3.73. The Kier molecular flexibility index (Phi) is 25.1. The molecule has 2 rings (SSSR count). The Balaban J connectivity index is 1.47. The summed E-state index contributed by atoms with van der Waals surface area (Å²) < 4.78 is 31.5. The zero-order valence-corrected chi connectivity index (χ0v) is 32.3. The lowest BCUT2D eigenvalue weighted by atomic mass is 10.0. The Morgan fingerprint density at radius 3 is 1.27 bits per heavy atom. The zero-order chi connectivity index (χ0) is 35.3. The molecule has 0 amide bonds. The summed E-state index contributed by atoms with van der Waals surface area (Å²) in [7, 11) is -3.73. The Bertz CT molecular complexity index is 1170. The highest BCUT2D eigenvalue weighted by Gasteiger charge is 2.24.